The Hall–Kier alpha value is -1.57. The molecular formula is C15H16O2. The van der Waals surface area contributed by atoms with Gasteiger partial charge in [-0.15, -0.1) is 0 Å². The molecule has 0 atom stereocenters. The molecule has 0 unspecified atom stereocenters. The van der Waals surface area contributed by atoms with Crippen LogP contribution in [0.3, 0.4) is 0 Å². The lowest BCUT2D eigenvalue weighted by molar-refractivity contribution is 0.0696. The Balaban J connectivity index is 1.94. The molecule has 2 heteroatoms. The van der Waals surface area contributed by atoms with E-state index in [9.17, 15) is 9.90 Å². The topological polar surface area (TPSA) is 37.3 Å². The highest BCUT2D eigenvalue weighted by Crippen LogP contribution is 2.56. The molecule has 88 valence electrons. The molecule has 1 aromatic carbocycles. The van der Waals surface area contributed by atoms with Gasteiger partial charge in [0.2, 0.25) is 0 Å². The number of hydrogen-bond acceptors (Lipinski definition) is 1. The zero-order chi connectivity index (χ0) is 11.9. The lowest BCUT2D eigenvalue weighted by Crippen LogP contribution is -2.08. The molecular weight excluding hydrogens is 212 g/mol. The van der Waals surface area contributed by atoms with Gasteiger partial charge in [-0.25, -0.2) is 4.79 Å². The molecule has 0 radical (unpaired) electrons. The minimum atomic E-state index is -0.826. The monoisotopic (exact) mass is 228 g/mol. The molecule has 1 fully saturated rings. The van der Waals surface area contributed by atoms with E-state index in [0.717, 1.165) is 18.4 Å². The molecule has 0 bridgehead atoms. The second kappa shape index (κ2) is 3.73. The van der Waals surface area contributed by atoms with Gasteiger partial charge in [-0.05, 0) is 54.7 Å². The molecule has 17 heavy (non-hydrogen) atoms. The van der Waals surface area contributed by atoms with Gasteiger partial charge in [0.05, 0.1) is 5.56 Å². The van der Waals surface area contributed by atoms with Crippen molar-refractivity contribution >= 4 is 11.5 Å². The summed E-state index contributed by atoms with van der Waals surface area (Å²) in [4.78, 5) is 11.2. The summed E-state index contributed by atoms with van der Waals surface area (Å²) in [6, 6.07) is 7.34. The summed E-state index contributed by atoms with van der Waals surface area (Å²) in [5.74, 6) is -0.826. The summed E-state index contributed by atoms with van der Waals surface area (Å²) in [5, 5.41) is 9.18. The maximum absolute atomic E-state index is 11.2. The Bertz CT molecular complexity index is 495. The largest absolute Gasteiger partial charge is 0.478 e. The fourth-order valence-corrected chi connectivity index (χ4v) is 2.77. The Morgan fingerprint density at radius 1 is 1.18 bits per heavy atom. The van der Waals surface area contributed by atoms with E-state index in [1.54, 1.807) is 12.1 Å². The molecule has 2 aliphatic rings. The molecule has 1 saturated carbocycles. The van der Waals surface area contributed by atoms with Crippen molar-refractivity contribution in [2.24, 2.45) is 5.41 Å². The lowest BCUT2D eigenvalue weighted by atomic mass is 9.83. The van der Waals surface area contributed by atoms with Gasteiger partial charge in [-0.1, -0.05) is 24.3 Å². The second-order valence-electron chi connectivity index (χ2n) is 5.28. The van der Waals surface area contributed by atoms with Crippen molar-refractivity contribution in [2.45, 2.75) is 32.1 Å². The number of rotatable bonds is 2. The third kappa shape index (κ3) is 1.88. The minimum Gasteiger partial charge on any atom is -0.478 e. The van der Waals surface area contributed by atoms with E-state index in [2.05, 4.69) is 6.08 Å². The van der Waals surface area contributed by atoms with Crippen LogP contribution >= 0.6 is 0 Å². The van der Waals surface area contributed by atoms with Crippen LogP contribution in [-0.2, 0) is 0 Å². The van der Waals surface area contributed by atoms with Crippen molar-refractivity contribution < 1.29 is 9.90 Å². The van der Waals surface area contributed by atoms with Crippen molar-refractivity contribution in [3.05, 3.63) is 41.5 Å². The highest BCUT2D eigenvalue weighted by atomic mass is 16.4. The molecule has 0 saturated heterocycles. The predicted molar refractivity (Wildman–Crippen MR) is 66.9 cm³/mol. The average molecular weight is 228 g/mol. The third-order valence-corrected chi connectivity index (χ3v) is 4.17. The van der Waals surface area contributed by atoms with E-state index in [-0.39, 0.29) is 0 Å². The van der Waals surface area contributed by atoms with Crippen LogP contribution in [0, 0.1) is 5.41 Å². The molecule has 0 aromatic heterocycles. The first kappa shape index (κ1) is 10.6. The number of hydrogen-bond donors (Lipinski definition) is 1. The van der Waals surface area contributed by atoms with Gasteiger partial charge in [0.25, 0.3) is 0 Å². The Morgan fingerprint density at radius 2 is 1.94 bits per heavy atom. The fourth-order valence-electron chi connectivity index (χ4n) is 2.77. The van der Waals surface area contributed by atoms with Crippen LogP contribution in [0.4, 0.5) is 0 Å². The van der Waals surface area contributed by atoms with Gasteiger partial charge in [0, 0.05) is 0 Å². The van der Waals surface area contributed by atoms with Gasteiger partial charge in [-0.3, -0.25) is 0 Å². The van der Waals surface area contributed by atoms with Crippen molar-refractivity contribution in [1.82, 2.24) is 0 Å². The highest BCUT2D eigenvalue weighted by Gasteiger charge is 2.42. The van der Waals surface area contributed by atoms with Crippen LogP contribution in [0.5, 0.6) is 0 Å². The molecule has 1 aromatic rings. The Labute approximate surface area is 101 Å². The quantitative estimate of drug-likeness (QED) is 0.837. The number of carbonyl (C=O) groups is 1. The molecule has 1 spiro atoms. The van der Waals surface area contributed by atoms with Crippen molar-refractivity contribution in [3.63, 3.8) is 0 Å². The molecule has 2 nitrogen and oxygen atoms in total. The molecule has 1 N–H and O–H groups in total. The van der Waals surface area contributed by atoms with Crippen LogP contribution in [0.25, 0.3) is 5.57 Å². The predicted octanol–water partition coefficient (Wildman–Crippen LogP) is 3.73. The summed E-state index contributed by atoms with van der Waals surface area (Å²) in [5.41, 5.74) is 3.17. The van der Waals surface area contributed by atoms with Gasteiger partial charge in [0.15, 0.2) is 0 Å². The molecule has 0 amide bonds. The van der Waals surface area contributed by atoms with E-state index in [1.807, 2.05) is 12.1 Å². The van der Waals surface area contributed by atoms with E-state index in [1.165, 1.54) is 24.8 Å². The standard InChI is InChI=1S/C15H16O2/c16-14(17)13-4-2-1-3-12(13)11-5-7-15(8-6-11)9-10-15/h1-5H,6-10H2,(H,16,17). The SMILES string of the molecule is O=C(O)c1ccccc1C1=CCC2(CC1)CC2. The first-order valence-corrected chi connectivity index (χ1v) is 6.22. The average Bonchev–Trinajstić information content (AvgIpc) is 3.10. The number of aromatic carboxylic acids is 1. The number of allylic oxidation sites excluding steroid dienone is 2. The van der Waals surface area contributed by atoms with E-state index in [0.29, 0.717) is 11.0 Å². The highest BCUT2D eigenvalue weighted by molar-refractivity contribution is 5.94. The van der Waals surface area contributed by atoms with Crippen LogP contribution in [0.15, 0.2) is 30.3 Å². The third-order valence-electron chi connectivity index (χ3n) is 4.17. The second-order valence-corrected chi connectivity index (χ2v) is 5.28. The summed E-state index contributed by atoms with van der Waals surface area (Å²) >= 11 is 0. The van der Waals surface area contributed by atoms with Crippen molar-refractivity contribution in [3.8, 4) is 0 Å². The van der Waals surface area contributed by atoms with E-state index >= 15 is 0 Å². The van der Waals surface area contributed by atoms with E-state index < -0.39 is 5.97 Å². The first-order chi connectivity index (χ1) is 8.20. The normalized spacial score (nSPS) is 21.1. The zero-order valence-electron chi connectivity index (χ0n) is 9.78. The minimum absolute atomic E-state index is 0.436. The molecule has 2 aliphatic carbocycles. The van der Waals surface area contributed by atoms with Crippen LogP contribution in [0.2, 0.25) is 0 Å². The molecule has 0 heterocycles. The summed E-state index contributed by atoms with van der Waals surface area (Å²) in [6.45, 7) is 0. The van der Waals surface area contributed by atoms with Gasteiger partial charge < -0.3 is 5.11 Å². The first-order valence-electron chi connectivity index (χ1n) is 6.22. The Morgan fingerprint density at radius 3 is 2.53 bits per heavy atom. The maximum atomic E-state index is 11.2. The molecule has 0 aliphatic heterocycles. The van der Waals surface area contributed by atoms with Crippen molar-refractivity contribution in [1.29, 1.82) is 0 Å². The van der Waals surface area contributed by atoms with Gasteiger partial charge in [0.1, 0.15) is 0 Å². The smallest absolute Gasteiger partial charge is 0.336 e. The summed E-state index contributed by atoms with van der Waals surface area (Å²) in [7, 11) is 0. The van der Waals surface area contributed by atoms with E-state index in [4.69, 9.17) is 0 Å². The summed E-state index contributed by atoms with van der Waals surface area (Å²) in [6.07, 6.45) is 8.38. The number of carboxylic acid groups (broad SMARTS) is 1. The van der Waals surface area contributed by atoms with Crippen LogP contribution in [0.1, 0.15) is 48.0 Å². The van der Waals surface area contributed by atoms with Crippen LogP contribution in [-0.4, -0.2) is 11.1 Å². The lowest BCUT2D eigenvalue weighted by Gasteiger charge is -2.22. The summed E-state index contributed by atoms with van der Waals surface area (Å²) < 4.78 is 0. The fraction of sp³-hybridized carbons (Fsp3) is 0.400. The van der Waals surface area contributed by atoms with Gasteiger partial charge in [-0.2, -0.15) is 0 Å². The number of carboxylic acids is 1. The van der Waals surface area contributed by atoms with Crippen LogP contribution < -0.4 is 0 Å². The maximum Gasteiger partial charge on any atom is 0.336 e. The molecule has 3 rings (SSSR count). The van der Waals surface area contributed by atoms with Gasteiger partial charge >= 0.3 is 5.97 Å². The Kier molecular flexibility index (Phi) is 2.32. The zero-order valence-corrected chi connectivity index (χ0v) is 9.78. The van der Waals surface area contributed by atoms with Crippen molar-refractivity contribution in [2.75, 3.05) is 0 Å². The number of benzene rings is 1.